The largest absolute Gasteiger partial charge is 0.494 e. The first-order valence-electron chi connectivity index (χ1n) is 5.51. The number of nitro benzene ring substituents is 1. The molecule has 0 spiro atoms. The fraction of sp³-hybridized carbons (Fsp3) is 0.167. The van der Waals surface area contributed by atoms with Crippen molar-refractivity contribution in [1.29, 1.82) is 0 Å². The third kappa shape index (κ3) is 3.41. The van der Waals surface area contributed by atoms with Gasteiger partial charge in [-0.05, 0) is 28.1 Å². The number of nitrogens with one attached hydrogen (secondary N) is 1. The van der Waals surface area contributed by atoms with Crippen LogP contribution in [0.2, 0.25) is 4.34 Å². The zero-order valence-electron chi connectivity index (χ0n) is 10.4. The van der Waals surface area contributed by atoms with Crippen LogP contribution in [0.4, 0.5) is 11.4 Å². The van der Waals surface area contributed by atoms with Gasteiger partial charge in [0.25, 0.3) is 5.69 Å². The molecule has 0 amide bonds. The van der Waals surface area contributed by atoms with E-state index in [1.165, 1.54) is 30.6 Å². The first kappa shape index (κ1) is 15.1. The van der Waals surface area contributed by atoms with Crippen LogP contribution < -0.4 is 10.1 Å². The van der Waals surface area contributed by atoms with Crippen LogP contribution in [0.5, 0.6) is 5.75 Å². The standard InChI is InChI=1S/C12H10BrClN2O3S/c1-19-11-4-7(16(17)18)2-3-10(11)15-6-8-5-9(13)12(14)20-8/h2-5,15H,6H2,1H3. The summed E-state index contributed by atoms with van der Waals surface area (Å²) in [7, 11) is 1.48. The van der Waals surface area contributed by atoms with Gasteiger partial charge in [0.15, 0.2) is 0 Å². The normalized spacial score (nSPS) is 10.3. The number of hydrogen-bond acceptors (Lipinski definition) is 5. The summed E-state index contributed by atoms with van der Waals surface area (Å²) in [6.45, 7) is 0.560. The van der Waals surface area contributed by atoms with Crippen molar-refractivity contribution in [2.75, 3.05) is 12.4 Å². The van der Waals surface area contributed by atoms with E-state index in [1.807, 2.05) is 6.07 Å². The second-order valence-electron chi connectivity index (χ2n) is 3.83. The average molecular weight is 378 g/mol. The number of hydrogen-bond donors (Lipinski definition) is 1. The molecule has 0 fully saturated rings. The van der Waals surface area contributed by atoms with Gasteiger partial charge in [-0.1, -0.05) is 11.6 Å². The molecule has 0 bridgehead atoms. The molecule has 20 heavy (non-hydrogen) atoms. The molecule has 0 atom stereocenters. The fourth-order valence-electron chi connectivity index (χ4n) is 1.60. The van der Waals surface area contributed by atoms with E-state index in [4.69, 9.17) is 16.3 Å². The van der Waals surface area contributed by atoms with Crippen LogP contribution in [0.1, 0.15) is 4.88 Å². The fourth-order valence-corrected chi connectivity index (χ4v) is 3.33. The van der Waals surface area contributed by atoms with E-state index in [2.05, 4.69) is 21.2 Å². The molecule has 106 valence electrons. The van der Waals surface area contributed by atoms with Crippen LogP contribution in [0, 0.1) is 10.1 Å². The Balaban J connectivity index is 2.14. The van der Waals surface area contributed by atoms with E-state index in [0.717, 1.165) is 9.35 Å². The zero-order chi connectivity index (χ0) is 14.7. The Kier molecular flexibility index (Phi) is 4.85. The van der Waals surface area contributed by atoms with Gasteiger partial charge in [0.05, 0.1) is 23.8 Å². The lowest BCUT2D eigenvalue weighted by atomic mass is 10.2. The topological polar surface area (TPSA) is 64.4 Å². The predicted octanol–water partition coefficient (Wildman–Crippen LogP) is 4.69. The molecule has 1 N–H and O–H groups in total. The molecule has 0 aliphatic heterocycles. The average Bonchev–Trinajstić information content (AvgIpc) is 2.75. The van der Waals surface area contributed by atoms with Crippen LogP contribution in [0.15, 0.2) is 28.7 Å². The van der Waals surface area contributed by atoms with Gasteiger partial charge in [0.1, 0.15) is 10.1 Å². The van der Waals surface area contributed by atoms with Gasteiger partial charge < -0.3 is 10.1 Å². The predicted molar refractivity (Wildman–Crippen MR) is 84.0 cm³/mol. The summed E-state index contributed by atoms with van der Waals surface area (Å²) >= 11 is 10.8. The maximum absolute atomic E-state index is 10.7. The Bertz CT molecular complexity index is 628. The van der Waals surface area contributed by atoms with Crippen molar-refractivity contribution < 1.29 is 9.66 Å². The van der Waals surface area contributed by atoms with Gasteiger partial charge in [-0.15, -0.1) is 11.3 Å². The molecule has 0 aliphatic rings. The molecule has 1 aromatic heterocycles. The van der Waals surface area contributed by atoms with Crippen LogP contribution in [0.3, 0.4) is 0 Å². The van der Waals surface area contributed by atoms with Crippen LogP contribution in [0.25, 0.3) is 0 Å². The van der Waals surface area contributed by atoms with Gasteiger partial charge in [0.2, 0.25) is 0 Å². The number of anilines is 1. The van der Waals surface area contributed by atoms with Crippen molar-refractivity contribution in [3.05, 3.63) is 48.1 Å². The van der Waals surface area contributed by atoms with Gasteiger partial charge >= 0.3 is 0 Å². The molecule has 1 aromatic carbocycles. The Hall–Kier alpha value is -1.31. The molecule has 2 rings (SSSR count). The highest BCUT2D eigenvalue weighted by Gasteiger charge is 2.12. The summed E-state index contributed by atoms with van der Waals surface area (Å²) < 4.78 is 6.70. The highest BCUT2D eigenvalue weighted by molar-refractivity contribution is 9.10. The molecule has 5 nitrogen and oxygen atoms in total. The lowest BCUT2D eigenvalue weighted by Gasteiger charge is -2.09. The maximum atomic E-state index is 10.7. The number of non-ortho nitro benzene ring substituents is 1. The Morgan fingerprint density at radius 3 is 2.80 bits per heavy atom. The van der Waals surface area contributed by atoms with Crippen molar-refractivity contribution >= 4 is 50.2 Å². The molecule has 8 heteroatoms. The zero-order valence-corrected chi connectivity index (χ0v) is 13.5. The summed E-state index contributed by atoms with van der Waals surface area (Å²) in [5, 5.41) is 13.9. The molecule has 0 saturated heterocycles. The minimum Gasteiger partial charge on any atom is -0.494 e. The van der Waals surface area contributed by atoms with Crippen LogP contribution in [-0.4, -0.2) is 12.0 Å². The van der Waals surface area contributed by atoms with E-state index in [-0.39, 0.29) is 5.69 Å². The van der Waals surface area contributed by atoms with Crippen molar-refractivity contribution in [2.45, 2.75) is 6.54 Å². The highest BCUT2D eigenvalue weighted by atomic mass is 79.9. The number of halogens is 2. The quantitative estimate of drug-likeness (QED) is 0.606. The van der Waals surface area contributed by atoms with E-state index in [9.17, 15) is 10.1 Å². The van der Waals surface area contributed by atoms with Crippen molar-refractivity contribution in [3.63, 3.8) is 0 Å². The van der Waals surface area contributed by atoms with E-state index in [1.54, 1.807) is 6.07 Å². The van der Waals surface area contributed by atoms with Crippen molar-refractivity contribution in [1.82, 2.24) is 0 Å². The summed E-state index contributed by atoms with van der Waals surface area (Å²) in [6, 6.07) is 6.38. The molecule has 2 aromatic rings. The minimum absolute atomic E-state index is 0.00527. The van der Waals surface area contributed by atoms with E-state index >= 15 is 0 Å². The van der Waals surface area contributed by atoms with Crippen molar-refractivity contribution in [3.8, 4) is 5.75 Å². The number of rotatable bonds is 5. The molecule has 0 radical (unpaired) electrons. The number of nitrogens with zero attached hydrogens (tertiary/aromatic N) is 1. The minimum atomic E-state index is -0.456. The Morgan fingerprint density at radius 2 is 2.25 bits per heavy atom. The third-order valence-corrected chi connectivity index (χ3v) is 5.02. The maximum Gasteiger partial charge on any atom is 0.273 e. The van der Waals surface area contributed by atoms with E-state index < -0.39 is 4.92 Å². The summed E-state index contributed by atoms with van der Waals surface area (Å²) in [5.41, 5.74) is 0.688. The van der Waals surface area contributed by atoms with Crippen LogP contribution >= 0.6 is 38.9 Å². The number of ether oxygens (including phenoxy) is 1. The number of benzene rings is 1. The van der Waals surface area contributed by atoms with E-state index in [0.29, 0.717) is 22.3 Å². The van der Waals surface area contributed by atoms with Crippen molar-refractivity contribution in [2.24, 2.45) is 0 Å². The van der Waals surface area contributed by atoms with Gasteiger partial charge in [-0.25, -0.2) is 0 Å². The first-order chi connectivity index (χ1) is 9.51. The van der Waals surface area contributed by atoms with Gasteiger partial charge in [0, 0.05) is 22.0 Å². The molecule has 0 saturated carbocycles. The lowest BCUT2D eigenvalue weighted by molar-refractivity contribution is -0.384. The molecular weight excluding hydrogens is 368 g/mol. The Labute approximate surface area is 132 Å². The number of methoxy groups -OCH3 is 1. The summed E-state index contributed by atoms with van der Waals surface area (Å²) in [4.78, 5) is 11.3. The summed E-state index contributed by atoms with van der Waals surface area (Å²) in [6.07, 6.45) is 0. The smallest absolute Gasteiger partial charge is 0.273 e. The van der Waals surface area contributed by atoms with Crippen LogP contribution in [-0.2, 0) is 6.54 Å². The lowest BCUT2D eigenvalue weighted by Crippen LogP contribution is -2.00. The number of thiophene rings is 1. The number of nitro groups is 1. The molecule has 1 heterocycles. The monoisotopic (exact) mass is 376 g/mol. The molecule has 0 aliphatic carbocycles. The second kappa shape index (κ2) is 6.43. The SMILES string of the molecule is COc1cc([N+](=O)[O-])ccc1NCc1cc(Br)c(Cl)s1. The highest BCUT2D eigenvalue weighted by Crippen LogP contribution is 2.34. The molecule has 0 unspecified atom stereocenters. The summed E-state index contributed by atoms with van der Waals surface area (Å²) in [5.74, 6) is 0.431. The Morgan fingerprint density at radius 1 is 1.50 bits per heavy atom. The second-order valence-corrected chi connectivity index (χ2v) is 6.42. The third-order valence-electron chi connectivity index (χ3n) is 2.55. The first-order valence-corrected chi connectivity index (χ1v) is 7.50. The van der Waals surface area contributed by atoms with Gasteiger partial charge in [-0.3, -0.25) is 10.1 Å². The molecular formula is C12H10BrClN2O3S. The van der Waals surface area contributed by atoms with Gasteiger partial charge in [-0.2, -0.15) is 0 Å².